The highest BCUT2D eigenvalue weighted by Crippen LogP contribution is 2.28. The standard InChI is InChI=1S/C12H17N3O2S/c1-7-4-5-9(13)6-10(7)18-8(2)11(16)15-12(17)14-3/h4-6,8H,13H2,1-3H3,(H2,14,15,16,17). The van der Waals surface area contributed by atoms with Crippen LogP contribution in [0.2, 0.25) is 0 Å². The number of hydrogen-bond acceptors (Lipinski definition) is 4. The number of nitrogens with two attached hydrogens (primary N) is 1. The van der Waals surface area contributed by atoms with Gasteiger partial charge in [-0.15, -0.1) is 11.8 Å². The molecule has 1 rings (SSSR count). The highest BCUT2D eigenvalue weighted by molar-refractivity contribution is 8.00. The SMILES string of the molecule is CNC(=O)NC(=O)C(C)Sc1cc(N)ccc1C. The zero-order valence-electron chi connectivity index (χ0n) is 10.6. The first kappa shape index (κ1) is 14.4. The number of amides is 3. The summed E-state index contributed by atoms with van der Waals surface area (Å²) in [6, 6.07) is 5.04. The van der Waals surface area contributed by atoms with E-state index in [1.54, 1.807) is 6.92 Å². The van der Waals surface area contributed by atoms with E-state index < -0.39 is 6.03 Å². The molecule has 98 valence electrons. The summed E-state index contributed by atoms with van der Waals surface area (Å²) in [6.07, 6.45) is 0. The molecule has 1 unspecified atom stereocenters. The third kappa shape index (κ3) is 3.96. The van der Waals surface area contributed by atoms with Gasteiger partial charge in [-0.05, 0) is 31.5 Å². The van der Waals surface area contributed by atoms with Gasteiger partial charge < -0.3 is 11.1 Å². The van der Waals surface area contributed by atoms with E-state index in [0.29, 0.717) is 5.69 Å². The topological polar surface area (TPSA) is 84.2 Å². The van der Waals surface area contributed by atoms with Gasteiger partial charge in [0.25, 0.3) is 0 Å². The first-order valence-electron chi connectivity index (χ1n) is 5.49. The van der Waals surface area contributed by atoms with E-state index >= 15 is 0 Å². The lowest BCUT2D eigenvalue weighted by atomic mass is 10.2. The molecule has 3 amide bonds. The molecule has 0 fully saturated rings. The van der Waals surface area contributed by atoms with Crippen molar-refractivity contribution >= 4 is 29.4 Å². The normalized spacial score (nSPS) is 11.7. The lowest BCUT2D eigenvalue weighted by molar-refractivity contribution is -0.119. The molecular formula is C12H17N3O2S. The average Bonchev–Trinajstić information content (AvgIpc) is 2.33. The molecule has 0 aromatic heterocycles. The summed E-state index contributed by atoms with van der Waals surface area (Å²) in [5, 5.41) is 4.21. The number of nitrogen functional groups attached to an aromatic ring is 1. The Kier molecular flexibility index (Phi) is 5.03. The fourth-order valence-corrected chi connectivity index (χ4v) is 2.27. The van der Waals surface area contributed by atoms with E-state index in [1.165, 1.54) is 18.8 Å². The quantitative estimate of drug-likeness (QED) is 0.572. The van der Waals surface area contributed by atoms with E-state index in [-0.39, 0.29) is 11.2 Å². The Morgan fingerprint density at radius 3 is 2.67 bits per heavy atom. The van der Waals surface area contributed by atoms with Gasteiger partial charge >= 0.3 is 6.03 Å². The Balaban J connectivity index is 2.69. The average molecular weight is 267 g/mol. The van der Waals surface area contributed by atoms with Gasteiger partial charge in [0.05, 0.1) is 5.25 Å². The molecule has 0 spiro atoms. The maximum Gasteiger partial charge on any atom is 0.321 e. The number of carbonyl (C=O) groups is 2. The zero-order chi connectivity index (χ0) is 13.7. The molecule has 4 N–H and O–H groups in total. The molecule has 0 aliphatic heterocycles. The van der Waals surface area contributed by atoms with Crippen LogP contribution in [0.25, 0.3) is 0 Å². The van der Waals surface area contributed by atoms with Crippen LogP contribution in [0.3, 0.4) is 0 Å². The summed E-state index contributed by atoms with van der Waals surface area (Å²) in [5.74, 6) is -0.332. The van der Waals surface area contributed by atoms with Crippen LogP contribution in [-0.2, 0) is 4.79 Å². The monoisotopic (exact) mass is 267 g/mol. The predicted molar refractivity (Wildman–Crippen MR) is 73.5 cm³/mol. The van der Waals surface area contributed by atoms with E-state index in [2.05, 4.69) is 10.6 Å². The van der Waals surface area contributed by atoms with Crippen molar-refractivity contribution < 1.29 is 9.59 Å². The summed E-state index contributed by atoms with van der Waals surface area (Å²) >= 11 is 1.37. The summed E-state index contributed by atoms with van der Waals surface area (Å²) in [5.41, 5.74) is 7.41. The molecule has 1 atom stereocenters. The van der Waals surface area contributed by atoms with Crippen LogP contribution >= 0.6 is 11.8 Å². The van der Waals surface area contributed by atoms with Gasteiger partial charge in [0.1, 0.15) is 0 Å². The number of rotatable bonds is 3. The third-order valence-corrected chi connectivity index (χ3v) is 3.61. The summed E-state index contributed by atoms with van der Waals surface area (Å²) in [7, 11) is 1.46. The number of benzene rings is 1. The van der Waals surface area contributed by atoms with Crippen LogP contribution in [0.15, 0.2) is 23.1 Å². The number of nitrogens with one attached hydrogen (secondary N) is 2. The molecule has 1 aromatic rings. The van der Waals surface area contributed by atoms with Gasteiger partial charge in [0, 0.05) is 17.6 Å². The maximum atomic E-state index is 11.7. The van der Waals surface area contributed by atoms with Crippen molar-refractivity contribution in [2.45, 2.75) is 24.0 Å². The van der Waals surface area contributed by atoms with E-state index in [9.17, 15) is 9.59 Å². The Hall–Kier alpha value is -1.69. The van der Waals surface area contributed by atoms with Gasteiger partial charge in [-0.3, -0.25) is 10.1 Å². The first-order chi connectivity index (χ1) is 8.43. The molecular weight excluding hydrogens is 250 g/mol. The van der Waals surface area contributed by atoms with E-state index in [1.807, 2.05) is 25.1 Å². The van der Waals surface area contributed by atoms with Crippen LogP contribution in [0.5, 0.6) is 0 Å². The fraction of sp³-hybridized carbons (Fsp3) is 0.333. The number of aryl methyl sites for hydroxylation is 1. The highest BCUT2D eigenvalue weighted by Gasteiger charge is 2.17. The Morgan fingerprint density at radius 2 is 2.06 bits per heavy atom. The second-order valence-electron chi connectivity index (χ2n) is 3.85. The molecule has 0 bridgehead atoms. The molecule has 0 saturated heterocycles. The van der Waals surface area contributed by atoms with Crippen molar-refractivity contribution in [2.75, 3.05) is 12.8 Å². The summed E-state index contributed by atoms with van der Waals surface area (Å²) < 4.78 is 0. The smallest absolute Gasteiger partial charge is 0.321 e. The van der Waals surface area contributed by atoms with Crippen molar-refractivity contribution in [1.82, 2.24) is 10.6 Å². The lowest BCUT2D eigenvalue weighted by Gasteiger charge is -2.13. The lowest BCUT2D eigenvalue weighted by Crippen LogP contribution is -2.41. The van der Waals surface area contributed by atoms with Gasteiger partial charge in [-0.25, -0.2) is 4.79 Å². The number of carbonyl (C=O) groups excluding carboxylic acids is 2. The van der Waals surface area contributed by atoms with Gasteiger partial charge in [0.15, 0.2) is 0 Å². The van der Waals surface area contributed by atoms with Crippen LogP contribution in [-0.4, -0.2) is 24.2 Å². The summed E-state index contributed by atoms with van der Waals surface area (Å²) in [4.78, 5) is 23.7. The van der Waals surface area contributed by atoms with Crippen LogP contribution in [0, 0.1) is 6.92 Å². The van der Waals surface area contributed by atoms with Gasteiger partial charge in [-0.1, -0.05) is 6.07 Å². The van der Waals surface area contributed by atoms with Crippen molar-refractivity contribution in [1.29, 1.82) is 0 Å². The minimum absolute atomic E-state index is 0.332. The van der Waals surface area contributed by atoms with Crippen molar-refractivity contribution in [3.8, 4) is 0 Å². The number of urea groups is 1. The van der Waals surface area contributed by atoms with Crippen molar-refractivity contribution in [3.63, 3.8) is 0 Å². The van der Waals surface area contributed by atoms with Crippen molar-refractivity contribution in [3.05, 3.63) is 23.8 Å². The largest absolute Gasteiger partial charge is 0.399 e. The van der Waals surface area contributed by atoms with Gasteiger partial charge in [0.2, 0.25) is 5.91 Å². The molecule has 0 saturated carbocycles. The third-order valence-electron chi connectivity index (χ3n) is 2.35. The van der Waals surface area contributed by atoms with E-state index in [4.69, 9.17) is 5.73 Å². The Bertz CT molecular complexity index is 463. The highest BCUT2D eigenvalue weighted by atomic mass is 32.2. The second kappa shape index (κ2) is 6.30. The summed E-state index contributed by atoms with van der Waals surface area (Å²) in [6.45, 7) is 3.69. The zero-order valence-corrected chi connectivity index (χ0v) is 11.4. The molecule has 0 aliphatic carbocycles. The molecule has 5 nitrogen and oxygen atoms in total. The van der Waals surface area contributed by atoms with E-state index in [0.717, 1.165) is 10.5 Å². The number of hydrogen-bond donors (Lipinski definition) is 3. The van der Waals surface area contributed by atoms with Gasteiger partial charge in [-0.2, -0.15) is 0 Å². The second-order valence-corrected chi connectivity index (χ2v) is 5.24. The number of anilines is 1. The fourth-order valence-electron chi connectivity index (χ4n) is 1.26. The number of imide groups is 1. The molecule has 18 heavy (non-hydrogen) atoms. The minimum Gasteiger partial charge on any atom is -0.399 e. The van der Waals surface area contributed by atoms with Crippen molar-refractivity contribution in [2.24, 2.45) is 0 Å². The number of thioether (sulfide) groups is 1. The van der Waals surface area contributed by atoms with Crippen LogP contribution < -0.4 is 16.4 Å². The Labute approximate surface area is 111 Å². The Morgan fingerprint density at radius 1 is 1.39 bits per heavy atom. The first-order valence-corrected chi connectivity index (χ1v) is 6.37. The predicted octanol–water partition coefficient (Wildman–Crippen LogP) is 1.51. The maximum absolute atomic E-state index is 11.7. The molecule has 0 radical (unpaired) electrons. The minimum atomic E-state index is -0.503. The van der Waals surface area contributed by atoms with Crippen LogP contribution in [0.1, 0.15) is 12.5 Å². The molecule has 1 aromatic carbocycles. The molecule has 6 heteroatoms. The van der Waals surface area contributed by atoms with Crippen LogP contribution in [0.4, 0.5) is 10.5 Å². The molecule has 0 heterocycles. The molecule has 0 aliphatic rings.